The number of fused-ring (bicyclic) bond motifs is 4. The highest BCUT2D eigenvalue weighted by molar-refractivity contribution is 7.87. The second-order valence-electron chi connectivity index (χ2n) is 7.22. The molecule has 0 aromatic carbocycles. The third kappa shape index (κ3) is 3.68. The third-order valence-corrected chi connectivity index (χ3v) is 6.70. The Balaban J connectivity index is 1.93. The van der Waals surface area contributed by atoms with Gasteiger partial charge in [-0.1, -0.05) is 6.07 Å². The third-order valence-electron chi connectivity index (χ3n) is 5.21. The van der Waals surface area contributed by atoms with Crippen molar-refractivity contribution in [2.75, 3.05) is 40.3 Å². The smallest absolute Gasteiger partial charge is 0.279 e. The van der Waals surface area contributed by atoms with E-state index in [2.05, 4.69) is 4.72 Å². The van der Waals surface area contributed by atoms with Crippen LogP contribution in [0.3, 0.4) is 0 Å². The fourth-order valence-electron chi connectivity index (χ4n) is 4.07. The van der Waals surface area contributed by atoms with Crippen LogP contribution in [0.25, 0.3) is 0 Å². The van der Waals surface area contributed by atoms with Gasteiger partial charge in [0.25, 0.3) is 15.8 Å². The van der Waals surface area contributed by atoms with Gasteiger partial charge in [0.2, 0.25) is 5.91 Å². The Hall–Kier alpha value is -1.75. The van der Waals surface area contributed by atoms with Crippen molar-refractivity contribution in [3.63, 3.8) is 0 Å². The fourth-order valence-corrected chi connectivity index (χ4v) is 4.71. The molecule has 1 fully saturated rings. The zero-order valence-corrected chi connectivity index (χ0v) is 15.8. The second-order valence-corrected chi connectivity index (χ2v) is 9.18. The minimum atomic E-state index is -3.59. The van der Waals surface area contributed by atoms with Gasteiger partial charge in [-0.3, -0.25) is 14.5 Å². The van der Waals surface area contributed by atoms with E-state index in [-0.39, 0.29) is 42.4 Å². The number of piperidine rings is 1. The van der Waals surface area contributed by atoms with Crippen LogP contribution in [0.15, 0.2) is 23.0 Å². The molecule has 3 heterocycles. The Kier molecular flexibility index (Phi) is 5.20. The van der Waals surface area contributed by atoms with Crippen molar-refractivity contribution in [3.05, 3.63) is 34.2 Å². The molecular formula is C16H25N5O4S. The summed E-state index contributed by atoms with van der Waals surface area (Å²) in [6, 6.07) is 4.82. The standard InChI is InChI=1S/C16H25N5O4S/c1-19(2)26(24,25)18-7-14-12-6-11(8-20(9-12)10-15(17)22)13-4-3-5-16(23)21(13)14/h3-5,11-12,14,18H,6-10H2,1-2H3,(H2,17,22)/t11-,12+,14+/m1/s1. The topological polar surface area (TPSA) is 118 Å². The molecule has 0 saturated carbocycles. The van der Waals surface area contributed by atoms with E-state index in [1.165, 1.54) is 20.2 Å². The Morgan fingerprint density at radius 1 is 1.35 bits per heavy atom. The van der Waals surface area contributed by atoms with Crippen LogP contribution in [0.4, 0.5) is 0 Å². The number of nitrogens with two attached hydrogens (primary N) is 1. The summed E-state index contributed by atoms with van der Waals surface area (Å²) in [7, 11) is -0.687. The van der Waals surface area contributed by atoms with Gasteiger partial charge in [-0.15, -0.1) is 0 Å². The minimum Gasteiger partial charge on any atom is -0.369 e. The molecule has 144 valence electrons. The molecule has 9 nitrogen and oxygen atoms in total. The number of primary amides is 1. The molecule has 0 radical (unpaired) electrons. The van der Waals surface area contributed by atoms with E-state index in [4.69, 9.17) is 5.73 Å². The predicted molar refractivity (Wildman–Crippen MR) is 96.8 cm³/mol. The van der Waals surface area contributed by atoms with E-state index in [1.807, 2.05) is 11.0 Å². The van der Waals surface area contributed by atoms with Crippen molar-refractivity contribution in [2.24, 2.45) is 11.7 Å². The summed E-state index contributed by atoms with van der Waals surface area (Å²) in [6.45, 7) is 1.56. The van der Waals surface area contributed by atoms with Crippen LogP contribution in [-0.4, -0.2) is 68.4 Å². The molecule has 2 aliphatic heterocycles. The first-order valence-corrected chi connectivity index (χ1v) is 10.0. The first-order valence-electron chi connectivity index (χ1n) is 8.58. The van der Waals surface area contributed by atoms with Crippen molar-refractivity contribution < 1.29 is 13.2 Å². The number of nitrogens with one attached hydrogen (secondary N) is 1. The van der Waals surface area contributed by atoms with Crippen LogP contribution >= 0.6 is 0 Å². The lowest BCUT2D eigenvalue weighted by molar-refractivity contribution is -0.119. The number of rotatable bonds is 6. The Labute approximate surface area is 152 Å². The number of aromatic nitrogens is 1. The maximum Gasteiger partial charge on any atom is 0.279 e. The highest BCUT2D eigenvalue weighted by Crippen LogP contribution is 2.40. The molecule has 0 aliphatic carbocycles. The van der Waals surface area contributed by atoms with Crippen molar-refractivity contribution >= 4 is 16.1 Å². The normalized spacial score (nSPS) is 25.9. The van der Waals surface area contributed by atoms with Crippen LogP contribution < -0.4 is 16.0 Å². The summed E-state index contributed by atoms with van der Waals surface area (Å²) in [4.78, 5) is 25.8. The quantitative estimate of drug-likeness (QED) is 0.632. The molecule has 3 atom stereocenters. The van der Waals surface area contributed by atoms with Gasteiger partial charge < -0.3 is 10.3 Å². The van der Waals surface area contributed by atoms with E-state index in [9.17, 15) is 18.0 Å². The molecule has 2 aliphatic rings. The number of hydrogen-bond acceptors (Lipinski definition) is 5. The lowest BCUT2D eigenvalue weighted by atomic mass is 9.78. The SMILES string of the molecule is CN(C)S(=O)(=O)NC[C@H]1[C@H]2C[C@H](CN(CC(N)=O)C2)c2cccc(=O)n21. The van der Waals surface area contributed by atoms with E-state index in [0.29, 0.717) is 13.1 Å². The Morgan fingerprint density at radius 3 is 2.73 bits per heavy atom. The van der Waals surface area contributed by atoms with Gasteiger partial charge in [-0.05, 0) is 18.4 Å². The molecule has 1 amide bonds. The number of likely N-dealkylation sites (tertiary alicyclic amines) is 1. The zero-order valence-electron chi connectivity index (χ0n) is 15.0. The highest BCUT2D eigenvalue weighted by atomic mass is 32.2. The van der Waals surface area contributed by atoms with Crippen molar-refractivity contribution in [1.29, 1.82) is 0 Å². The molecule has 26 heavy (non-hydrogen) atoms. The molecule has 0 unspecified atom stereocenters. The number of pyridine rings is 1. The van der Waals surface area contributed by atoms with Crippen molar-refractivity contribution in [3.8, 4) is 0 Å². The molecule has 3 N–H and O–H groups in total. The molecular weight excluding hydrogens is 358 g/mol. The monoisotopic (exact) mass is 383 g/mol. The van der Waals surface area contributed by atoms with Gasteiger partial charge in [0, 0.05) is 51.4 Å². The second kappa shape index (κ2) is 7.10. The molecule has 2 bridgehead atoms. The summed E-state index contributed by atoms with van der Waals surface area (Å²) in [5.41, 5.74) is 6.10. The molecule has 1 aromatic rings. The average molecular weight is 383 g/mol. The van der Waals surface area contributed by atoms with Gasteiger partial charge in [0.1, 0.15) is 0 Å². The molecule has 10 heteroatoms. The summed E-state index contributed by atoms with van der Waals surface area (Å²) in [6.07, 6.45) is 0.854. The van der Waals surface area contributed by atoms with Gasteiger partial charge in [0.05, 0.1) is 12.6 Å². The first kappa shape index (κ1) is 19.0. The number of carbonyl (C=O) groups excluding carboxylic acids is 1. The van der Waals surface area contributed by atoms with Gasteiger partial charge >= 0.3 is 0 Å². The van der Waals surface area contributed by atoms with Crippen molar-refractivity contribution in [2.45, 2.75) is 18.4 Å². The van der Waals surface area contributed by atoms with E-state index in [1.54, 1.807) is 10.6 Å². The zero-order chi connectivity index (χ0) is 19.1. The molecule has 0 spiro atoms. The van der Waals surface area contributed by atoms with Crippen LogP contribution in [0, 0.1) is 5.92 Å². The summed E-state index contributed by atoms with van der Waals surface area (Å²) >= 11 is 0. The fraction of sp³-hybridized carbons (Fsp3) is 0.625. The lowest BCUT2D eigenvalue weighted by Gasteiger charge is -2.46. The minimum absolute atomic E-state index is 0.0607. The lowest BCUT2D eigenvalue weighted by Crippen LogP contribution is -2.53. The number of carbonyl (C=O) groups is 1. The summed E-state index contributed by atoms with van der Waals surface area (Å²) in [5.74, 6) is -0.199. The van der Waals surface area contributed by atoms with E-state index in [0.717, 1.165) is 16.4 Å². The first-order chi connectivity index (χ1) is 12.2. The summed E-state index contributed by atoms with van der Waals surface area (Å²) < 4.78 is 29.6. The van der Waals surface area contributed by atoms with Crippen LogP contribution in [-0.2, 0) is 15.0 Å². The van der Waals surface area contributed by atoms with Gasteiger partial charge in [-0.2, -0.15) is 12.7 Å². The van der Waals surface area contributed by atoms with Crippen LogP contribution in [0.5, 0.6) is 0 Å². The predicted octanol–water partition coefficient (Wildman–Crippen LogP) is -1.31. The molecule has 1 aromatic heterocycles. The van der Waals surface area contributed by atoms with Gasteiger partial charge in [-0.25, -0.2) is 4.72 Å². The number of nitrogens with zero attached hydrogens (tertiary/aromatic N) is 3. The van der Waals surface area contributed by atoms with Crippen LogP contribution in [0.1, 0.15) is 24.1 Å². The highest BCUT2D eigenvalue weighted by Gasteiger charge is 2.41. The van der Waals surface area contributed by atoms with Crippen molar-refractivity contribution in [1.82, 2.24) is 18.5 Å². The van der Waals surface area contributed by atoms with E-state index < -0.39 is 10.2 Å². The summed E-state index contributed by atoms with van der Waals surface area (Å²) in [5, 5.41) is 0. The van der Waals surface area contributed by atoms with E-state index >= 15 is 0 Å². The van der Waals surface area contributed by atoms with Gasteiger partial charge in [0.15, 0.2) is 0 Å². The maximum absolute atomic E-state index is 12.5. The number of amides is 1. The maximum atomic E-state index is 12.5. The number of hydrogen-bond donors (Lipinski definition) is 2. The largest absolute Gasteiger partial charge is 0.369 e. The Bertz CT molecular complexity index is 850. The molecule has 3 rings (SSSR count). The average Bonchev–Trinajstić information content (AvgIpc) is 2.54. The van der Waals surface area contributed by atoms with Crippen LogP contribution in [0.2, 0.25) is 0 Å². The Morgan fingerprint density at radius 2 is 2.08 bits per heavy atom. The molecule has 1 saturated heterocycles.